The minimum Gasteiger partial charge on any atom is -0.348 e. The Morgan fingerprint density at radius 1 is 1.39 bits per heavy atom. The lowest BCUT2D eigenvalue weighted by molar-refractivity contribution is 0.422. The zero-order valence-electron chi connectivity index (χ0n) is 11.9. The van der Waals surface area contributed by atoms with Crippen LogP contribution in [0, 0.1) is 11.8 Å². The number of thiazole rings is 1. The van der Waals surface area contributed by atoms with Crippen molar-refractivity contribution >= 4 is 16.5 Å². The Kier molecular flexibility index (Phi) is 4.28. The van der Waals surface area contributed by atoms with Crippen LogP contribution in [0.1, 0.15) is 50.6 Å². The van der Waals surface area contributed by atoms with Gasteiger partial charge < -0.3 is 10.6 Å². The molecule has 1 atom stereocenters. The lowest BCUT2D eigenvalue weighted by atomic mass is 9.95. The van der Waals surface area contributed by atoms with E-state index in [1.165, 1.54) is 22.1 Å². The molecule has 18 heavy (non-hydrogen) atoms. The number of nitrogens with zero attached hydrogens (tertiary/aromatic N) is 2. The number of hydrogen-bond acceptors (Lipinski definition) is 4. The van der Waals surface area contributed by atoms with E-state index in [4.69, 9.17) is 10.7 Å². The molecular weight excluding hydrogens is 242 g/mol. The van der Waals surface area contributed by atoms with Crippen LogP contribution in [0.4, 0.5) is 5.13 Å². The summed E-state index contributed by atoms with van der Waals surface area (Å²) in [6.45, 7) is 12.0. The van der Waals surface area contributed by atoms with E-state index >= 15 is 0 Å². The summed E-state index contributed by atoms with van der Waals surface area (Å²) in [6.07, 6.45) is 1.30. The standard InChI is InChI=1S/C14H25N3S/c1-9(2)11-5-6-17(8-11)14-16-13(10(3)4)12(7-15)18-14/h9-11H,5-8,15H2,1-4H3. The van der Waals surface area contributed by atoms with Gasteiger partial charge >= 0.3 is 0 Å². The molecule has 1 aliphatic rings. The van der Waals surface area contributed by atoms with Gasteiger partial charge in [-0.05, 0) is 24.2 Å². The third-order valence-electron chi connectivity index (χ3n) is 3.89. The molecule has 1 unspecified atom stereocenters. The van der Waals surface area contributed by atoms with Crippen molar-refractivity contribution < 1.29 is 0 Å². The second-order valence-electron chi connectivity index (χ2n) is 5.90. The Bertz CT molecular complexity index is 398. The fourth-order valence-electron chi connectivity index (χ4n) is 2.59. The van der Waals surface area contributed by atoms with Crippen LogP contribution in [0.2, 0.25) is 0 Å². The topological polar surface area (TPSA) is 42.2 Å². The van der Waals surface area contributed by atoms with Gasteiger partial charge in [0, 0.05) is 24.5 Å². The zero-order valence-corrected chi connectivity index (χ0v) is 12.8. The fraction of sp³-hybridized carbons (Fsp3) is 0.786. The molecule has 0 aliphatic carbocycles. The highest BCUT2D eigenvalue weighted by molar-refractivity contribution is 7.15. The van der Waals surface area contributed by atoms with E-state index in [1.54, 1.807) is 11.3 Å². The van der Waals surface area contributed by atoms with Crippen molar-refractivity contribution in [2.75, 3.05) is 18.0 Å². The highest BCUT2D eigenvalue weighted by atomic mass is 32.1. The first kappa shape index (κ1) is 13.8. The minimum absolute atomic E-state index is 0.469. The van der Waals surface area contributed by atoms with Crippen LogP contribution in [0.15, 0.2) is 0 Å². The average molecular weight is 267 g/mol. The highest BCUT2D eigenvalue weighted by Gasteiger charge is 2.27. The van der Waals surface area contributed by atoms with E-state index in [2.05, 4.69) is 32.6 Å². The molecule has 102 valence electrons. The van der Waals surface area contributed by atoms with Crippen molar-refractivity contribution in [3.8, 4) is 0 Å². The summed E-state index contributed by atoms with van der Waals surface area (Å²) in [6, 6.07) is 0. The molecule has 1 saturated heterocycles. The molecule has 3 nitrogen and oxygen atoms in total. The fourth-order valence-corrected chi connectivity index (χ4v) is 3.72. The number of aromatic nitrogens is 1. The molecule has 1 fully saturated rings. The quantitative estimate of drug-likeness (QED) is 0.911. The van der Waals surface area contributed by atoms with Gasteiger partial charge in [0.1, 0.15) is 0 Å². The Morgan fingerprint density at radius 2 is 2.11 bits per heavy atom. The zero-order chi connectivity index (χ0) is 13.3. The van der Waals surface area contributed by atoms with Crippen LogP contribution < -0.4 is 10.6 Å². The predicted molar refractivity (Wildman–Crippen MR) is 79.3 cm³/mol. The van der Waals surface area contributed by atoms with Crippen molar-refractivity contribution in [1.29, 1.82) is 0 Å². The molecule has 0 radical (unpaired) electrons. The number of nitrogens with two attached hydrogens (primary N) is 1. The maximum atomic E-state index is 5.83. The predicted octanol–water partition coefficient (Wildman–Crippen LogP) is 3.21. The van der Waals surface area contributed by atoms with Crippen LogP contribution in [0.5, 0.6) is 0 Å². The average Bonchev–Trinajstić information content (AvgIpc) is 2.95. The molecular formula is C14H25N3S. The molecule has 1 aliphatic heterocycles. The summed E-state index contributed by atoms with van der Waals surface area (Å²) in [5.41, 5.74) is 7.03. The van der Waals surface area contributed by atoms with Gasteiger partial charge in [0.2, 0.25) is 0 Å². The van der Waals surface area contributed by atoms with E-state index < -0.39 is 0 Å². The van der Waals surface area contributed by atoms with Gasteiger partial charge in [-0.2, -0.15) is 0 Å². The summed E-state index contributed by atoms with van der Waals surface area (Å²) in [4.78, 5) is 8.52. The molecule has 1 aromatic heterocycles. The Labute approximate surface area is 114 Å². The van der Waals surface area contributed by atoms with Crippen LogP contribution in [0.3, 0.4) is 0 Å². The first-order chi connectivity index (χ1) is 8.52. The molecule has 4 heteroatoms. The van der Waals surface area contributed by atoms with Gasteiger partial charge in [-0.1, -0.05) is 27.7 Å². The van der Waals surface area contributed by atoms with Gasteiger partial charge in [0.25, 0.3) is 0 Å². The lowest BCUT2D eigenvalue weighted by Gasteiger charge is -2.16. The maximum Gasteiger partial charge on any atom is 0.185 e. The Balaban J connectivity index is 2.15. The molecule has 0 amide bonds. The SMILES string of the molecule is CC(C)c1nc(N2CCC(C(C)C)C2)sc1CN. The third-order valence-corrected chi connectivity index (χ3v) is 5.04. The summed E-state index contributed by atoms with van der Waals surface area (Å²) in [7, 11) is 0. The largest absolute Gasteiger partial charge is 0.348 e. The van der Waals surface area contributed by atoms with E-state index in [0.717, 1.165) is 24.9 Å². The van der Waals surface area contributed by atoms with Crippen LogP contribution in [-0.2, 0) is 6.54 Å². The van der Waals surface area contributed by atoms with Crippen molar-refractivity contribution in [3.05, 3.63) is 10.6 Å². The smallest absolute Gasteiger partial charge is 0.185 e. The highest BCUT2D eigenvalue weighted by Crippen LogP contribution is 2.34. The number of anilines is 1. The first-order valence-corrected chi connectivity index (χ1v) is 7.79. The van der Waals surface area contributed by atoms with Crippen molar-refractivity contribution in [1.82, 2.24) is 4.98 Å². The van der Waals surface area contributed by atoms with Crippen molar-refractivity contribution in [2.24, 2.45) is 17.6 Å². The summed E-state index contributed by atoms with van der Waals surface area (Å²) in [5, 5.41) is 1.18. The number of hydrogen-bond donors (Lipinski definition) is 1. The monoisotopic (exact) mass is 267 g/mol. The molecule has 2 N–H and O–H groups in total. The molecule has 0 saturated carbocycles. The molecule has 0 bridgehead atoms. The van der Waals surface area contributed by atoms with E-state index in [0.29, 0.717) is 12.5 Å². The Hall–Kier alpha value is -0.610. The number of rotatable bonds is 4. The normalized spacial score (nSPS) is 20.4. The molecule has 2 heterocycles. The van der Waals surface area contributed by atoms with Gasteiger partial charge in [-0.15, -0.1) is 11.3 Å². The van der Waals surface area contributed by atoms with Crippen molar-refractivity contribution in [2.45, 2.75) is 46.6 Å². The molecule has 2 rings (SSSR count). The van der Waals surface area contributed by atoms with Gasteiger partial charge in [-0.25, -0.2) is 4.98 Å². The van der Waals surface area contributed by atoms with Gasteiger partial charge in [0.05, 0.1) is 5.69 Å². The summed E-state index contributed by atoms with van der Waals surface area (Å²) < 4.78 is 0. The summed E-state index contributed by atoms with van der Waals surface area (Å²) >= 11 is 1.79. The lowest BCUT2D eigenvalue weighted by Crippen LogP contribution is -2.21. The molecule has 1 aromatic rings. The summed E-state index contributed by atoms with van der Waals surface area (Å²) in [5.74, 6) is 2.06. The van der Waals surface area contributed by atoms with E-state index in [-0.39, 0.29) is 0 Å². The van der Waals surface area contributed by atoms with Crippen molar-refractivity contribution in [3.63, 3.8) is 0 Å². The molecule has 0 aromatic carbocycles. The van der Waals surface area contributed by atoms with Gasteiger partial charge in [0.15, 0.2) is 5.13 Å². The van der Waals surface area contributed by atoms with Crippen LogP contribution >= 0.6 is 11.3 Å². The molecule has 0 spiro atoms. The third kappa shape index (κ3) is 2.69. The first-order valence-electron chi connectivity index (χ1n) is 6.97. The Morgan fingerprint density at radius 3 is 2.56 bits per heavy atom. The second kappa shape index (κ2) is 5.57. The van der Waals surface area contributed by atoms with Crippen LogP contribution in [0.25, 0.3) is 0 Å². The van der Waals surface area contributed by atoms with E-state index in [1.807, 2.05) is 0 Å². The second-order valence-corrected chi connectivity index (χ2v) is 6.96. The van der Waals surface area contributed by atoms with Crippen LogP contribution in [-0.4, -0.2) is 18.1 Å². The van der Waals surface area contributed by atoms with E-state index in [9.17, 15) is 0 Å². The van der Waals surface area contributed by atoms with Gasteiger partial charge in [-0.3, -0.25) is 0 Å². The minimum atomic E-state index is 0.469. The maximum absolute atomic E-state index is 5.83.